The molecule has 0 saturated heterocycles. The number of carbonyl (C=O) groups is 2. The molecule has 2 heterocycles. The Bertz CT molecular complexity index is 1150. The molecule has 0 fully saturated rings. The molecule has 32 heavy (non-hydrogen) atoms. The molecule has 0 aliphatic carbocycles. The third-order valence-electron chi connectivity index (χ3n) is 5.93. The van der Waals surface area contributed by atoms with E-state index in [-0.39, 0.29) is 11.3 Å². The molecule has 1 aromatic heterocycles. The largest absolute Gasteiger partial charge is 0.503 e. The Balaban J connectivity index is 1.74. The molecule has 0 radical (unpaired) electrons. The number of benzene rings is 2. The van der Waals surface area contributed by atoms with Crippen molar-refractivity contribution in [2.45, 2.75) is 19.9 Å². The van der Waals surface area contributed by atoms with Crippen molar-refractivity contribution < 1.29 is 19.1 Å². The summed E-state index contributed by atoms with van der Waals surface area (Å²) in [5.41, 5.74) is 1.29. The lowest BCUT2D eigenvalue weighted by molar-refractivity contribution is -0.129. The average molecular weight is 453 g/mol. The van der Waals surface area contributed by atoms with Gasteiger partial charge >= 0.3 is 0 Å². The van der Waals surface area contributed by atoms with E-state index in [9.17, 15) is 14.7 Å². The van der Waals surface area contributed by atoms with Gasteiger partial charge in [0.2, 0.25) is 5.78 Å². The van der Waals surface area contributed by atoms with Crippen LogP contribution in [0.25, 0.3) is 11.0 Å². The first-order valence-electron chi connectivity index (χ1n) is 10.7. The zero-order chi connectivity index (χ0) is 22.8. The SMILES string of the molecule is CCN(CC)CCN1C(=O)C(O)=C(C(=O)c2cc3ccccc3o2)[C@@H]1c1ccc(Cl)cc1. The number of ketones is 1. The van der Waals surface area contributed by atoms with E-state index in [0.29, 0.717) is 29.3 Å². The number of para-hydroxylation sites is 1. The number of hydrogen-bond donors (Lipinski definition) is 1. The number of halogens is 1. The summed E-state index contributed by atoms with van der Waals surface area (Å²) in [6.45, 7) is 6.79. The fourth-order valence-corrected chi connectivity index (χ4v) is 4.25. The van der Waals surface area contributed by atoms with Crippen molar-refractivity contribution >= 4 is 34.3 Å². The van der Waals surface area contributed by atoms with Crippen molar-refractivity contribution in [3.05, 3.63) is 82.3 Å². The molecule has 166 valence electrons. The second kappa shape index (κ2) is 9.18. The highest BCUT2D eigenvalue weighted by atomic mass is 35.5. The number of furan rings is 1. The van der Waals surface area contributed by atoms with E-state index in [1.165, 1.54) is 0 Å². The van der Waals surface area contributed by atoms with Crippen LogP contribution < -0.4 is 0 Å². The van der Waals surface area contributed by atoms with E-state index in [1.807, 2.05) is 18.2 Å². The van der Waals surface area contributed by atoms with Crippen LogP contribution >= 0.6 is 11.6 Å². The minimum Gasteiger partial charge on any atom is -0.503 e. The normalized spacial score (nSPS) is 16.6. The molecule has 0 unspecified atom stereocenters. The van der Waals surface area contributed by atoms with Crippen molar-refractivity contribution in [3.63, 3.8) is 0 Å². The van der Waals surface area contributed by atoms with E-state index >= 15 is 0 Å². The van der Waals surface area contributed by atoms with E-state index in [2.05, 4.69) is 18.7 Å². The first kappa shape index (κ1) is 22.1. The average Bonchev–Trinajstić information content (AvgIpc) is 3.34. The van der Waals surface area contributed by atoms with Crippen LogP contribution in [-0.4, -0.2) is 52.8 Å². The van der Waals surface area contributed by atoms with Crippen molar-refractivity contribution in [2.75, 3.05) is 26.2 Å². The number of aliphatic hydroxyl groups is 1. The van der Waals surface area contributed by atoms with Gasteiger partial charge < -0.3 is 19.3 Å². The summed E-state index contributed by atoms with van der Waals surface area (Å²) in [6.07, 6.45) is 0. The predicted octanol–water partition coefficient (Wildman–Crippen LogP) is 5.01. The van der Waals surface area contributed by atoms with Gasteiger partial charge in [-0.15, -0.1) is 0 Å². The highest BCUT2D eigenvalue weighted by molar-refractivity contribution is 6.30. The molecule has 1 aliphatic heterocycles. The fourth-order valence-electron chi connectivity index (χ4n) is 4.12. The molecule has 4 rings (SSSR count). The molecule has 0 bridgehead atoms. The van der Waals surface area contributed by atoms with Gasteiger partial charge in [-0.2, -0.15) is 0 Å². The van der Waals surface area contributed by atoms with Crippen LogP contribution in [-0.2, 0) is 4.79 Å². The van der Waals surface area contributed by atoms with Crippen molar-refractivity contribution in [1.82, 2.24) is 9.80 Å². The maximum Gasteiger partial charge on any atom is 0.290 e. The number of hydrogen-bond acceptors (Lipinski definition) is 5. The number of amides is 1. The molecule has 1 N–H and O–H groups in total. The molecule has 1 amide bonds. The predicted molar refractivity (Wildman–Crippen MR) is 124 cm³/mol. The highest BCUT2D eigenvalue weighted by Gasteiger charge is 2.44. The second-order valence-corrected chi connectivity index (χ2v) is 8.16. The number of carbonyl (C=O) groups excluding carboxylic acids is 2. The van der Waals surface area contributed by atoms with Gasteiger partial charge in [0.1, 0.15) is 5.58 Å². The van der Waals surface area contributed by atoms with Gasteiger partial charge in [-0.05, 0) is 42.9 Å². The lowest BCUT2D eigenvalue weighted by Gasteiger charge is -2.29. The first-order valence-corrected chi connectivity index (χ1v) is 11.1. The Morgan fingerprint density at radius 2 is 1.81 bits per heavy atom. The highest BCUT2D eigenvalue weighted by Crippen LogP contribution is 2.39. The van der Waals surface area contributed by atoms with Crippen molar-refractivity contribution in [1.29, 1.82) is 0 Å². The van der Waals surface area contributed by atoms with Crippen LogP contribution in [0.4, 0.5) is 0 Å². The summed E-state index contributed by atoms with van der Waals surface area (Å²) in [7, 11) is 0. The maximum atomic E-state index is 13.5. The fraction of sp³-hybridized carbons (Fsp3) is 0.280. The zero-order valence-electron chi connectivity index (χ0n) is 18.0. The molecular weight excluding hydrogens is 428 g/mol. The Hall–Kier alpha value is -3.09. The number of aliphatic hydroxyl groups excluding tert-OH is 1. The van der Waals surface area contributed by atoms with Crippen LogP contribution in [0, 0.1) is 0 Å². The summed E-state index contributed by atoms with van der Waals surface area (Å²) in [6, 6.07) is 15.2. The Morgan fingerprint density at radius 1 is 1.12 bits per heavy atom. The lowest BCUT2D eigenvalue weighted by Crippen LogP contribution is -2.38. The number of nitrogens with zero attached hydrogens (tertiary/aromatic N) is 2. The molecule has 1 atom stereocenters. The molecule has 0 saturated carbocycles. The molecule has 6 nitrogen and oxygen atoms in total. The van der Waals surface area contributed by atoms with Gasteiger partial charge in [-0.3, -0.25) is 9.59 Å². The van der Waals surface area contributed by atoms with Crippen LogP contribution in [0.15, 0.2) is 70.3 Å². The standard InChI is InChI=1S/C25H25ClN2O4/c1-3-27(4-2)13-14-28-22(16-9-11-18(26)12-10-16)21(24(30)25(28)31)23(29)20-15-17-7-5-6-8-19(17)32-20/h5-12,15,22,30H,3-4,13-14H2,1-2H3/t22-/m0/s1. The minimum absolute atomic E-state index is 0.0240. The van der Waals surface area contributed by atoms with Gasteiger partial charge in [0, 0.05) is 23.5 Å². The lowest BCUT2D eigenvalue weighted by atomic mass is 9.95. The Labute approximate surface area is 191 Å². The molecule has 0 spiro atoms. The molecule has 2 aromatic carbocycles. The number of likely N-dealkylation sites (N-methyl/N-ethyl adjacent to an activating group) is 1. The van der Waals surface area contributed by atoms with Gasteiger partial charge in [0.25, 0.3) is 5.91 Å². The van der Waals surface area contributed by atoms with Gasteiger partial charge in [0.05, 0.1) is 11.6 Å². The third-order valence-corrected chi connectivity index (χ3v) is 6.19. The van der Waals surface area contributed by atoms with E-state index in [4.69, 9.17) is 16.0 Å². The Kier molecular flexibility index (Phi) is 6.35. The molecule has 7 heteroatoms. The van der Waals surface area contributed by atoms with E-state index < -0.39 is 23.5 Å². The maximum absolute atomic E-state index is 13.5. The van der Waals surface area contributed by atoms with Crippen LogP contribution in [0.1, 0.15) is 36.0 Å². The van der Waals surface area contributed by atoms with Crippen molar-refractivity contribution in [2.24, 2.45) is 0 Å². The quantitative estimate of drug-likeness (QED) is 0.486. The van der Waals surface area contributed by atoms with Gasteiger partial charge in [-0.25, -0.2) is 0 Å². The van der Waals surface area contributed by atoms with Crippen LogP contribution in [0.3, 0.4) is 0 Å². The molecule has 1 aliphatic rings. The first-order chi connectivity index (χ1) is 15.4. The summed E-state index contributed by atoms with van der Waals surface area (Å²) in [5.74, 6) is -1.51. The van der Waals surface area contributed by atoms with Crippen LogP contribution in [0.2, 0.25) is 5.02 Å². The topological polar surface area (TPSA) is 74.0 Å². The monoisotopic (exact) mass is 452 g/mol. The number of rotatable bonds is 8. The summed E-state index contributed by atoms with van der Waals surface area (Å²) in [4.78, 5) is 30.3. The van der Waals surface area contributed by atoms with Crippen LogP contribution in [0.5, 0.6) is 0 Å². The number of fused-ring (bicyclic) bond motifs is 1. The van der Waals surface area contributed by atoms with E-state index in [0.717, 1.165) is 18.5 Å². The summed E-state index contributed by atoms with van der Waals surface area (Å²) >= 11 is 6.06. The molecule has 3 aromatic rings. The smallest absolute Gasteiger partial charge is 0.290 e. The zero-order valence-corrected chi connectivity index (χ0v) is 18.8. The Morgan fingerprint density at radius 3 is 2.47 bits per heavy atom. The van der Waals surface area contributed by atoms with E-state index in [1.54, 1.807) is 41.3 Å². The van der Waals surface area contributed by atoms with Crippen molar-refractivity contribution in [3.8, 4) is 0 Å². The minimum atomic E-state index is -0.726. The third kappa shape index (κ3) is 4.04. The molecular formula is C25H25ClN2O4. The summed E-state index contributed by atoms with van der Waals surface area (Å²) < 4.78 is 5.74. The van der Waals surface area contributed by atoms with Gasteiger partial charge in [0.15, 0.2) is 11.5 Å². The second-order valence-electron chi connectivity index (χ2n) is 7.72. The summed E-state index contributed by atoms with van der Waals surface area (Å²) in [5, 5.41) is 12.1. The van der Waals surface area contributed by atoms with Gasteiger partial charge in [-0.1, -0.05) is 55.8 Å². The number of Topliss-reactive ketones (excluding diaryl/α,β-unsaturated/α-hetero) is 1.